The summed E-state index contributed by atoms with van der Waals surface area (Å²) in [5, 5.41) is 2.90. The van der Waals surface area contributed by atoms with Gasteiger partial charge in [0.15, 0.2) is 0 Å². The molecule has 19 heavy (non-hydrogen) atoms. The molecule has 1 atom stereocenters. The summed E-state index contributed by atoms with van der Waals surface area (Å²) < 4.78 is 38.7. The lowest BCUT2D eigenvalue weighted by Crippen LogP contribution is -2.24. The minimum Gasteiger partial charge on any atom is -0.399 e. The van der Waals surface area contributed by atoms with Crippen LogP contribution in [0.2, 0.25) is 0 Å². The zero-order valence-electron chi connectivity index (χ0n) is 11.4. The van der Waals surface area contributed by atoms with Gasteiger partial charge in [0.05, 0.1) is 5.56 Å². The number of rotatable bonds is 5. The van der Waals surface area contributed by atoms with Crippen molar-refractivity contribution in [2.75, 3.05) is 31.7 Å². The molecule has 0 saturated heterocycles. The summed E-state index contributed by atoms with van der Waals surface area (Å²) in [5.41, 5.74) is 4.89. The quantitative estimate of drug-likeness (QED) is 0.812. The monoisotopic (exact) mass is 275 g/mol. The Morgan fingerprint density at radius 3 is 2.47 bits per heavy atom. The second-order valence-electron chi connectivity index (χ2n) is 4.94. The molecule has 0 aliphatic carbocycles. The molecule has 6 heteroatoms. The van der Waals surface area contributed by atoms with Gasteiger partial charge in [-0.15, -0.1) is 0 Å². The highest BCUT2D eigenvalue weighted by Gasteiger charge is 2.33. The lowest BCUT2D eigenvalue weighted by Gasteiger charge is -2.21. The molecular formula is C13H20F3N3. The smallest absolute Gasteiger partial charge is 0.399 e. The zero-order valence-corrected chi connectivity index (χ0v) is 11.4. The predicted molar refractivity (Wildman–Crippen MR) is 72.1 cm³/mol. The lowest BCUT2D eigenvalue weighted by atomic mass is 10.1. The molecule has 3 nitrogen and oxygen atoms in total. The normalized spacial score (nSPS) is 13.6. The van der Waals surface area contributed by atoms with Crippen LogP contribution in [0.1, 0.15) is 18.9 Å². The fourth-order valence-corrected chi connectivity index (χ4v) is 1.71. The SMILES string of the molecule is CC(CCN(C)C)Nc1ccc(N)cc1C(F)(F)F. The maximum absolute atomic E-state index is 12.9. The van der Waals surface area contributed by atoms with E-state index >= 15 is 0 Å². The van der Waals surface area contributed by atoms with E-state index in [9.17, 15) is 13.2 Å². The number of nitrogens with one attached hydrogen (secondary N) is 1. The third-order valence-corrected chi connectivity index (χ3v) is 2.76. The molecule has 0 amide bonds. The van der Waals surface area contributed by atoms with Gasteiger partial charge >= 0.3 is 6.18 Å². The Morgan fingerprint density at radius 2 is 1.95 bits per heavy atom. The highest BCUT2D eigenvalue weighted by molar-refractivity contribution is 5.59. The van der Waals surface area contributed by atoms with Crippen LogP contribution in [0, 0.1) is 0 Å². The summed E-state index contributed by atoms with van der Waals surface area (Å²) in [6, 6.07) is 3.76. The van der Waals surface area contributed by atoms with E-state index in [1.807, 2.05) is 25.9 Å². The first-order chi connectivity index (χ1) is 8.70. The van der Waals surface area contributed by atoms with E-state index in [-0.39, 0.29) is 17.4 Å². The maximum Gasteiger partial charge on any atom is 0.418 e. The molecule has 0 saturated carbocycles. The lowest BCUT2D eigenvalue weighted by molar-refractivity contribution is -0.136. The third kappa shape index (κ3) is 4.98. The van der Waals surface area contributed by atoms with Crippen LogP contribution in [-0.4, -0.2) is 31.6 Å². The molecule has 0 aliphatic heterocycles. The van der Waals surface area contributed by atoms with E-state index in [2.05, 4.69) is 5.32 Å². The Morgan fingerprint density at radius 1 is 1.32 bits per heavy atom. The van der Waals surface area contributed by atoms with Gasteiger partial charge in [0.1, 0.15) is 0 Å². The van der Waals surface area contributed by atoms with E-state index < -0.39 is 11.7 Å². The number of anilines is 2. The molecule has 0 fully saturated rings. The van der Waals surface area contributed by atoms with Crippen molar-refractivity contribution in [1.82, 2.24) is 4.90 Å². The van der Waals surface area contributed by atoms with Crippen LogP contribution in [-0.2, 0) is 6.18 Å². The van der Waals surface area contributed by atoms with Crippen molar-refractivity contribution in [2.45, 2.75) is 25.6 Å². The van der Waals surface area contributed by atoms with Crippen molar-refractivity contribution in [1.29, 1.82) is 0 Å². The summed E-state index contributed by atoms with van der Waals surface area (Å²) in [5.74, 6) is 0. The molecule has 0 bridgehead atoms. The van der Waals surface area contributed by atoms with E-state index in [4.69, 9.17) is 5.73 Å². The van der Waals surface area contributed by atoms with Gasteiger partial charge in [-0.3, -0.25) is 0 Å². The van der Waals surface area contributed by atoms with Crippen LogP contribution in [0.25, 0.3) is 0 Å². The molecule has 1 aromatic carbocycles. The molecule has 0 spiro atoms. The summed E-state index contributed by atoms with van der Waals surface area (Å²) >= 11 is 0. The number of nitrogens with two attached hydrogens (primary N) is 1. The Hall–Kier alpha value is -1.43. The van der Waals surface area contributed by atoms with Crippen LogP contribution in [0.5, 0.6) is 0 Å². The second kappa shape index (κ2) is 6.14. The topological polar surface area (TPSA) is 41.3 Å². The number of hydrogen-bond acceptors (Lipinski definition) is 3. The van der Waals surface area contributed by atoms with Crippen molar-refractivity contribution >= 4 is 11.4 Å². The van der Waals surface area contributed by atoms with Crippen molar-refractivity contribution in [3.63, 3.8) is 0 Å². The van der Waals surface area contributed by atoms with Crippen LogP contribution in [0.15, 0.2) is 18.2 Å². The van der Waals surface area contributed by atoms with Crippen LogP contribution >= 0.6 is 0 Å². The Labute approximate surface area is 111 Å². The van der Waals surface area contributed by atoms with Gasteiger partial charge in [-0.05, 0) is 52.2 Å². The van der Waals surface area contributed by atoms with Crippen molar-refractivity contribution in [3.05, 3.63) is 23.8 Å². The second-order valence-corrected chi connectivity index (χ2v) is 4.94. The molecule has 0 aliphatic rings. The van der Waals surface area contributed by atoms with Crippen LogP contribution in [0.3, 0.4) is 0 Å². The summed E-state index contributed by atoms with van der Waals surface area (Å²) in [6.45, 7) is 2.67. The average Bonchev–Trinajstić information content (AvgIpc) is 2.27. The van der Waals surface area contributed by atoms with E-state index in [0.29, 0.717) is 0 Å². The highest BCUT2D eigenvalue weighted by Crippen LogP contribution is 2.36. The number of halogens is 3. The van der Waals surface area contributed by atoms with Crippen LogP contribution < -0.4 is 11.1 Å². The molecule has 3 N–H and O–H groups in total. The first-order valence-electron chi connectivity index (χ1n) is 6.08. The van der Waals surface area contributed by atoms with Crippen molar-refractivity contribution in [2.24, 2.45) is 0 Å². The first kappa shape index (κ1) is 15.6. The number of benzene rings is 1. The summed E-state index contributed by atoms with van der Waals surface area (Å²) in [7, 11) is 3.86. The number of alkyl halides is 3. The van der Waals surface area contributed by atoms with Gasteiger partial charge in [-0.2, -0.15) is 13.2 Å². The van der Waals surface area contributed by atoms with Gasteiger partial charge in [0.25, 0.3) is 0 Å². The Balaban J connectivity index is 2.83. The minimum atomic E-state index is -4.40. The molecule has 1 rings (SSSR count). The fraction of sp³-hybridized carbons (Fsp3) is 0.538. The summed E-state index contributed by atoms with van der Waals surface area (Å²) in [6.07, 6.45) is -3.65. The largest absolute Gasteiger partial charge is 0.418 e. The van der Waals surface area contributed by atoms with E-state index in [0.717, 1.165) is 19.0 Å². The molecule has 0 aromatic heterocycles. The molecule has 108 valence electrons. The highest BCUT2D eigenvalue weighted by atomic mass is 19.4. The van der Waals surface area contributed by atoms with Gasteiger partial charge in [-0.1, -0.05) is 0 Å². The van der Waals surface area contributed by atoms with E-state index in [1.165, 1.54) is 12.1 Å². The van der Waals surface area contributed by atoms with Crippen molar-refractivity contribution in [3.8, 4) is 0 Å². The Kier molecular flexibility index (Phi) is 5.05. The third-order valence-electron chi connectivity index (χ3n) is 2.76. The number of nitrogen functional groups attached to an aromatic ring is 1. The maximum atomic E-state index is 12.9. The number of nitrogens with zero attached hydrogens (tertiary/aromatic N) is 1. The Bertz CT molecular complexity index is 416. The molecule has 1 aromatic rings. The first-order valence-corrected chi connectivity index (χ1v) is 6.08. The predicted octanol–water partition coefficient (Wildman–Crippen LogP) is 3.04. The molecule has 1 unspecified atom stereocenters. The molecular weight excluding hydrogens is 255 g/mol. The van der Waals surface area contributed by atoms with Gasteiger partial charge in [-0.25, -0.2) is 0 Å². The van der Waals surface area contributed by atoms with Gasteiger partial charge < -0.3 is 16.0 Å². The van der Waals surface area contributed by atoms with Crippen LogP contribution in [0.4, 0.5) is 24.5 Å². The zero-order chi connectivity index (χ0) is 14.6. The fourth-order valence-electron chi connectivity index (χ4n) is 1.71. The molecule has 0 heterocycles. The number of hydrogen-bond donors (Lipinski definition) is 2. The summed E-state index contributed by atoms with van der Waals surface area (Å²) in [4.78, 5) is 1.99. The van der Waals surface area contributed by atoms with E-state index in [1.54, 1.807) is 0 Å². The van der Waals surface area contributed by atoms with Crippen molar-refractivity contribution < 1.29 is 13.2 Å². The molecule has 0 radical (unpaired) electrons. The average molecular weight is 275 g/mol. The van der Waals surface area contributed by atoms with Gasteiger partial charge in [0, 0.05) is 17.4 Å². The standard InChI is InChI=1S/C13H20F3N3/c1-9(6-7-19(2)3)18-12-5-4-10(17)8-11(12)13(14,15)16/h4-5,8-9,18H,6-7,17H2,1-3H3. The van der Waals surface area contributed by atoms with Gasteiger partial charge in [0.2, 0.25) is 0 Å². The minimum absolute atomic E-state index is 0.0490.